The lowest BCUT2D eigenvalue weighted by molar-refractivity contribution is -0.390. The van der Waals surface area contributed by atoms with E-state index >= 15 is 0 Å². The lowest BCUT2D eigenvalue weighted by Crippen LogP contribution is -2.05. The first kappa shape index (κ1) is 10.6. The number of nitro groups is 1. The summed E-state index contributed by atoms with van der Waals surface area (Å²) in [6.45, 7) is -1.03. The Balaban J connectivity index is 3.05. The number of hydrogen-bond donors (Lipinski definition) is 0. The average Bonchev–Trinajstić information content (AvgIpc) is 2.49. The molecule has 0 saturated heterocycles. The Hall–Kier alpha value is -1.53. The predicted molar refractivity (Wildman–Crippen MR) is 44.1 cm³/mol. The van der Waals surface area contributed by atoms with Gasteiger partial charge in [0.2, 0.25) is 0 Å². The molecule has 1 rings (SSSR count). The van der Waals surface area contributed by atoms with Crippen molar-refractivity contribution in [1.82, 2.24) is 9.78 Å². The first-order chi connectivity index (χ1) is 6.56. The molecular weight excluding hydrogens is 196 g/mol. The second kappa shape index (κ2) is 4.12. The SMILES string of the molecule is CCCc1cc([N+](=O)[O-])nn1C(F)F. The van der Waals surface area contributed by atoms with E-state index in [1.165, 1.54) is 0 Å². The monoisotopic (exact) mass is 205 g/mol. The number of nitrogens with zero attached hydrogens (tertiary/aromatic N) is 3. The van der Waals surface area contributed by atoms with Crippen molar-refractivity contribution in [3.63, 3.8) is 0 Å². The fourth-order valence-corrected chi connectivity index (χ4v) is 1.12. The van der Waals surface area contributed by atoms with Crippen molar-refractivity contribution in [2.75, 3.05) is 0 Å². The zero-order valence-electron chi connectivity index (χ0n) is 7.48. The highest BCUT2D eigenvalue weighted by molar-refractivity contribution is 5.22. The third kappa shape index (κ3) is 2.04. The van der Waals surface area contributed by atoms with Gasteiger partial charge in [0.1, 0.15) is 0 Å². The fourth-order valence-electron chi connectivity index (χ4n) is 1.12. The van der Waals surface area contributed by atoms with Gasteiger partial charge in [0.15, 0.2) is 0 Å². The molecule has 1 heterocycles. The van der Waals surface area contributed by atoms with Crippen LogP contribution in [0.5, 0.6) is 0 Å². The minimum atomic E-state index is -2.83. The summed E-state index contributed by atoms with van der Waals surface area (Å²) in [4.78, 5) is 9.50. The molecule has 5 nitrogen and oxygen atoms in total. The second-order valence-electron chi connectivity index (χ2n) is 2.72. The molecule has 0 aliphatic rings. The van der Waals surface area contributed by atoms with E-state index in [4.69, 9.17) is 0 Å². The Morgan fingerprint density at radius 1 is 1.71 bits per heavy atom. The van der Waals surface area contributed by atoms with Crippen LogP contribution < -0.4 is 0 Å². The molecule has 0 aromatic carbocycles. The van der Waals surface area contributed by atoms with Crippen molar-refractivity contribution < 1.29 is 13.7 Å². The van der Waals surface area contributed by atoms with E-state index < -0.39 is 17.3 Å². The number of alkyl halides is 2. The van der Waals surface area contributed by atoms with Crippen LogP contribution in [0.25, 0.3) is 0 Å². The van der Waals surface area contributed by atoms with Crippen LogP contribution in [0, 0.1) is 10.1 Å². The van der Waals surface area contributed by atoms with Gasteiger partial charge < -0.3 is 10.1 Å². The van der Waals surface area contributed by atoms with Crippen molar-refractivity contribution in [1.29, 1.82) is 0 Å². The summed E-state index contributed by atoms with van der Waals surface area (Å²) in [7, 11) is 0. The Bertz CT molecular complexity index is 338. The maximum Gasteiger partial charge on any atom is 0.390 e. The van der Waals surface area contributed by atoms with Crippen LogP contribution in [0.15, 0.2) is 6.07 Å². The maximum atomic E-state index is 12.3. The van der Waals surface area contributed by atoms with Crippen molar-refractivity contribution >= 4 is 5.82 Å². The summed E-state index contributed by atoms with van der Waals surface area (Å²) < 4.78 is 25.0. The molecular formula is C7H9F2N3O2. The number of rotatable bonds is 4. The molecule has 1 aromatic rings. The first-order valence-corrected chi connectivity index (χ1v) is 4.07. The first-order valence-electron chi connectivity index (χ1n) is 4.07. The predicted octanol–water partition coefficient (Wildman–Crippen LogP) is 2.14. The molecule has 0 amide bonds. The van der Waals surface area contributed by atoms with E-state index in [1.54, 1.807) is 6.92 Å². The van der Waals surface area contributed by atoms with Gasteiger partial charge in [-0.2, -0.15) is 8.78 Å². The molecule has 0 N–H and O–H groups in total. The lowest BCUT2D eigenvalue weighted by Gasteiger charge is -1.98. The topological polar surface area (TPSA) is 61.0 Å². The largest absolute Gasteiger partial charge is 0.390 e. The van der Waals surface area contributed by atoms with Gasteiger partial charge in [-0.15, -0.1) is 4.68 Å². The summed E-state index contributed by atoms with van der Waals surface area (Å²) in [5, 5.41) is 13.5. The van der Waals surface area contributed by atoms with E-state index in [0.29, 0.717) is 17.5 Å². The Labute approximate surface area is 78.5 Å². The van der Waals surface area contributed by atoms with Crippen LogP contribution in [-0.4, -0.2) is 14.7 Å². The van der Waals surface area contributed by atoms with Crippen LogP contribution >= 0.6 is 0 Å². The van der Waals surface area contributed by atoms with Crippen molar-refractivity contribution in [2.45, 2.75) is 26.3 Å². The number of aromatic nitrogens is 2. The second-order valence-corrected chi connectivity index (χ2v) is 2.72. The summed E-state index contributed by atoms with van der Waals surface area (Å²) in [5.41, 5.74) is 0.189. The van der Waals surface area contributed by atoms with Gasteiger partial charge in [-0.1, -0.05) is 13.3 Å². The summed E-state index contributed by atoms with van der Waals surface area (Å²) in [6.07, 6.45) is 0.987. The molecule has 7 heteroatoms. The summed E-state index contributed by atoms with van der Waals surface area (Å²) >= 11 is 0. The molecule has 0 bridgehead atoms. The third-order valence-electron chi connectivity index (χ3n) is 1.68. The number of hydrogen-bond acceptors (Lipinski definition) is 3. The van der Waals surface area contributed by atoms with E-state index in [0.717, 1.165) is 6.07 Å². The molecule has 0 fully saturated rings. The van der Waals surface area contributed by atoms with Crippen LogP contribution in [-0.2, 0) is 6.42 Å². The highest BCUT2D eigenvalue weighted by Gasteiger charge is 2.22. The molecule has 78 valence electrons. The van der Waals surface area contributed by atoms with Gasteiger partial charge in [-0.05, 0) is 11.3 Å². The van der Waals surface area contributed by atoms with Gasteiger partial charge in [-0.25, -0.2) is 0 Å². The van der Waals surface area contributed by atoms with Crippen molar-refractivity contribution in [2.24, 2.45) is 0 Å². The maximum absolute atomic E-state index is 12.3. The molecule has 0 unspecified atom stereocenters. The van der Waals surface area contributed by atoms with Crippen molar-refractivity contribution in [3.8, 4) is 0 Å². The van der Waals surface area contributed by atoms with Gasteiger partial charge >= 0.3 is 12.4 Å². The molecule has 0 radical (unpaired) electrons. The quantitative estimate of drug-likeness (QED) is 0.558. The minimum Gasteiger partial charge on any atom is -0.358 e. The van der Waals surface area contributed by atoms with E-state index in [9.17, 15) is 18.9 Å². The van der Waals surface area contributed by atoms with E-state index in [-0.39, 0.29) is 5.69 Å². The van der Waals surface area contributed by atoms with Crippen LogP contribution in [0.3, 0.4) is 0 Å². The Morgan fingerprint density at radius 3 is 2.79 bits per heavy atom. The molecule has 0 aliphatic heterocycles. The molecule has 0 aliphatic carbocycles. The lowest BCUT2D eigenvalue weighted by atomic mass is 10.2. The van der Waals surface area contributed by atoms with Gasteiger partial charge in [0.05, 0.1) is 16.9 Å². The third-order valence-corrected chi connectivity index (χ3v) is 1.68. The van der Waals surface area contributed by atoms with Crippen LogP contribution in [0.1, 0.15) is 25.6 Å². The molecule has 0 atom stereocenters. The number of aryl methyl sites for hydroxylation is 1. The van der Waals surface area contributed by atoms with Gasteiger partial charge in [-0.3, -0.25) is 0 Å². The van der Waals surface area contributed by atoms with Crippen molar-refractivity contribution in [3.05, 3.63) is 21.9 Å². The van der Waals surface area contributed by atoms with E-state index in [1.807, 2.05) is 0 Å². The standard InChI is InChI=1S/C7H9F2N3O2/c1-2-3-5-4-6(12(13)14)10-11(5)7(8)9/h4,7H,2-3H2,1H3. The molecule has 14 heavy (non-hydrogen) atoms. The zero-order chi connectivity index (χ0) is 10.7. The summed E-state index contributed by atoms with van der Waals surface area (Å²) in [6, 6.07) is 1.08. The van der Waals surface area contributed by atoms with Crippen LogP contribution in [0.2, 0.25) is 0 Å². The molecule has 0 saturated carbocycles. The normalized spacial score (nSPS) is 10.9. The van der Waals surface area contributed by atoms with Crippen LogP contribution in [0.4, 0.5) is 14.6 Å². The highest BCUT2D eigenvalue weighted by atomic mass is 19.3. The zero-order valence-corrected chi connectivity index (χ0v) is 7.48. The summed E-state index contributed by atoms with van der Waals surface area (Å²) in [5.74, 6) is -0.534. The van der Waals surface area contributed by atoms with E-state index in [2.05, 4.69) is 5.10 Å². The minimum absolute atomic E-state index is 0.189. The highest BCUT2D eigenvalue weighted by Crippen LogP contribution is 2.19. The molecule has 0 spiro atoms. The average molecular weight is 205 g/mol. The number of halogens is 2. The Morgan fingerprint density at radius 2 is 2.36 bits per heavy atom. The molecule has 1 aromatic heterocycles. The Kier molecular flexibility index (Phi) is 3.10. The van der Waals surface area contributed by atoms with Gasteiger partial charge in [0.25, 0.3) is 0 Å². The van der Waals surface area contributed by atoms with Gasteiger partial charge in [0, 0.05) is 0 Å². The fraction of sp³-hybridized carbons (Fsp3) is 0.571. The smallest absolute Gasteiger partial charge is 0.358 e.